The van der Waals surface area contributed by atoms with Crippen molar-refractivity contribution in [2.75, 3.05) is 11.9 Å². The van der Waals surface area contributed by atoms with E-state index in [0.717, 1.165) is 5.56 Å². The molecule has 4 nitrogen and oxygen atoms in total. The predicted molar refractivity (Wildman–Crippen MR) is 93.0 cm³/mol. The molecule has 0 heterocycles. The van der Waals surface area contributed by atoms with E-state index in [1.54, 1.807) is 31.2 Å². The zero-order valence-corrected chi connectivity index (χ0v) is 14.0. The van der Waals surface area contributed by atoms with E-state index in [2.05, 4.69) is 10.6 Å². The third kappa shape index (κ3) is 4.98. The second-order valence-corrected chi connectivity index (χ2v) is 5.85. The average Bonchev–Trinajstić information content (AvgIpc) is 2.51. The molecule has 0 aliphatic heterocycles. The number of nitrogens with one attached hydrogen (secondary N) is 2. The Morgan fingerprint density at radius 1 is 1.04 bits per heavy atom. The molecule has 2 amide bonds. The molecule has 6 heteroatoms. The molecule has 2 N–H and O–H groups in total. The van der Waals surface area contributed by atoms with Crippen LogP contribution in [-0.4, -0.2) is 18.4 Å². The summed E-state index contributed by atoms with van der Waals surface area (Å²) in [5, 5.41) is 6.30. The Morgan fingerprint density at radius 3 is 2.52 bits per heavy atom. The average molecular weight is 351 g/mol. The van der Waals surface area contributed by atoms with Gasteiger partial charge in [-0.2, -0.15) is 0 Å². The molecule has 0 bridgehead atoms. The number of amides is 2. The van der Waals surface area contributed by atoms with Gasteiger partial charge in [0, 0.05) is 22.3 Å². The van der Waals surface area contributed by atoms with E-state index < -0.39 is 11.8 Å². The van der Waals surface area contributed by atoms with E-state index >= 15 is 0 Å². The van der Waals surface area contributed by atoms with Crippen LogP contribution >= 0.6 is 23.2 Å². The first-order valence-corrected chi connectivity index (χ1v) is 7.81. The summed E-state index contributed by atoms with van der Waals surface area (Å²) in [4.78, 5) is 23.7. The van der Waals surface area contributed by atoms with E-state index in [9.17, 15) is 9.59 Å². The molecule has 0 fully saturated rings. The van der Waals surface area contributed by atoms with Crippen LogP contribution in [0.3, 0.4) is 0 Å². The molecule has 0 aromatic heterocycles. The molecule has 0 aliphatic rings. The number of hydrogen-bond acceptors (Lipinski definition) is 2. The Balaban J connectivity index is 1.85. The van der Waals surface area contributed by atoms with Gasteiger partial charge in [0.2, 0.25) is 0 Å². The fourth-order valence-electron chi connectivity index (χ4n) is 2.02. The lowest BCUT2D eigenvalue weighted by molar-refractivity contribution is -0.136. The highest BCUT2D eigenvalue weighted by Crippen LogP contribution is 2.22. The zero-order valence-electron chi connectivity index (χ0n) is 12.5. The monoisotopic (exact) mass is 350 g/mol. The summed E-state index contributed by atoms with van der Waals surface area (Å²) < 4.78 is 0. The van der Waals surface area contributed by atoms with Crippen LogP contribution in [0, 0.1) is 6.92 Å². The highest BCUT2D eigenvalue weighted by Gasteiger charge is 2.14. The predicted octanol–water partition coefficient (Wildman–Crippen LogP) is 3.60. The molecule has 0 aliphatic carbocycles. The maximum atomic E-state index is 11.9. The fourth-order valence-corrected chi connectivity index (χ4v) is 2.40. The highest BCUT2D eigenvalue weighted by molar-refractivity contribution is 6.40. The van der Waals surface area contributed by atoms with E-state index in [0.29, 0.717) is 34.3 Å². The van der Waals surface area contributed by atoms with Crippen molar-refractivity contribution in [2.45, 2.75) is 13.3 Å². The lowest BCUT2D eigenvalue weighted by atomic mass is 10.1. The molecule has 0 unspecified atom stereocenters. The molecule has 120 valence electrons. The number of carbonyl (C=O) groups excluding carboxylic acids is 2. The van der Waals surface area contributed by atoms with Gasteiger partial charge in [-0.1, -0.05) is 41.4 Å². The number of hydrogen-bond donors (Lipinski definition) is 2. The quantitative estimate of drug-likeness (QED) is 0.827. The van der Waals surface area contributed by atoms with Crippen molar-refractivity contribution >= 4 is 40.7 Å². The molecule has 0 saturated heterocycles. The van der Waals surface area contributed by atoms with Crippen LogP contribution < -0.4 is 10.6 Å². The molecular weight excluding hydrogens is 335 g/mol. The van der Waals surface area contributed by atoms with Crippen LogP contribution in [0.2, 0.25) is 10.0 Å². The van der Waals surface area contributed by atoms with Gasteiger partial charge in [-0.25, -0.2) is 0 Å². The van der Waals surface area contributed by atoms with E-state index in [-0.39, 0.29) is 0 Å². The summed E-state index contributed by atoms with van der Waals surface area (Å²) in [6, 6.07) is 12.5. The summed E-state index contributed by atoms with van der Waals surface area (Å²) in [6.07, 6.45) is 0.593. The van der Waals surface area contributed by atoms with E-state index in [1.165, 1.54) is 0 Å². The number of benzene rings is 2. The van der Waals surface area contributed by atoms with Gasteiger partial charge >= 0.3 is 11.8 Å². The van der Waals surface area contributed by atoms with Crippen molar-refractivity contribution in [1.29, 1.82) is 0 Å². The van der Waals surface area contributed by atoms with Gasteiger partial charge < -0.3 is 10.6 Å². The Morgan fingerprint density at radius 2 is 1.78 bits per heavy atom. The Bertz CT molecular complexity index is 732. The summed E-state index contributed by atoms with van der Waals surface area (Å²) in [7, 11) is 0. The molecule has 2 aromatic carbocycles. The van der Waals surface area contributed by atoms with Crippen LogP contribution in [-0.2, 0) is 16.0 Å². The summed E-state index contributed by atoms with van der Waals surface area (Å²) in [5.74, 6) is -1.41. The zero-order chi connectivity index (χ0) is 16.8. The Labute approximate surface area is 144 Å². The van der Waals surface area contributed by atoms with Crippen LogP contribution in [0.15, 0.2) is 42.5 Å². The molecule has 2 aromatic rings. The number of anilines is 1. The second kappa shape index (κ2) is 7.99. The SMILES string of the molecule is Cc1c(Cl)cccc1NC(=O)C(=O)NCCc1cccc(Cl)c1. The molecule has 23 heavy (non-hydrogen) atoms. The van der Waals surface area contributed by atoms with E-state index in [1.807, 2.05) is 18.2 Å². The summed E-state index contributed by atoms with van der Waals surface area (Å²) in [5.41, 5.74) is 2.23. The molecular formula is C17H16Cl2N2O2. The molecule has 0 atom stereocenters. The first kappa shape index (κ1) is 17.3. The van der Waals surface area contributed by atoms with E-state index in [4.69, 9.17) is 23.2 Å². The van der Waals surface area contributed by atoms with Gasteiger partial charge in [0.25, 0.3) is 0 Å². The maximum absolute atomic E-state index is 11.9. The van der Waals surface area contributed by atoms with Crippen molar-refractivity contribution in [2.24, 2.45) is 0 Å². The molecule has 2 rings (SSSR count). The molecule has 0 radical (unpaired) electrons. The van der Waals surface area contributed by atoms with Crippen molar-refractivity contribution in [3.63, 3.8) is 0 Å². The van der Waals surface area contributed by atoms with Crippen LogP contribution in [0.4, 0.5) is 5.69 Å². The first-order valence-electron chi connectivity index (χ1n) is 7.06. The van der Waals surface area contributed by atoms with Crippen molar-refractivity contribution in [1.82, 2.24) is 5.32 Å². The lowest BCUT2D eigenvalue weighted by Gasteiger charge is -2.09. The van der Waals surface area contributed by atoms with Gasteiger partial charge in [-0.3, -0.25) is 9.59 Å². The maximum Gasteiger partial charge on any atom is 0.313 e. The molecule has 0 saturated carbocycles. The van der Waals surface area contributed by atoms with Gasteiger partial charge in [0.15, 0.2) is 0 Å². The summed E-state index contributed by atoms with van der Waals surface area (Å²) in [6.45, 7) is 2.12. The number of halogens is 2. The highest BCUT2D eigenvalue weighted by atomic mass is 35.5. The standard InChI is InChI=1S/C17H16Cl2N2O2/c1-11-14(19)6-3-7-15(11)21-17(23)16(22)20-9-8-12-4-2-5-13(18)10-12/h2-7,10H,8-9H2,1H3,(H,20,22)(H,21,23). The number of rotatable bonds is 4. The third-order valence-corrected chi connectivity index (χ3v) is 3.95. The van der Waals surface area contributed by atoms with Gasteiger partial charge in [0.05, 0.1) is 0 Å². The second-order valence-electron chi connectivity index (χ2n) is 5.00. The van der Waals surface area contributed by atoms with Gasteiger partial charge in [-0.05, 0) is 48.7 Å². The first-order chi connectivity index (χ1) is 11.0. The summed E-state index contributed by atoms with van der Waals surface area (Å²) >= 11 is 11.9. The van der Waals surface area contributed by atoms with Crippen LogP contribution in [0.25, 0.3) is 0 Å². The topological polar surface area (TPSA) is 58.2 Å². The molecule has 0 spiro atoms. The lowest BCUT2D eigenvalue weighted by Crippen LogP contribution is -2.36. The smallest absolute Gasteiger partial charge is 0.313 e. The van der Waals surface area contributed by atoms with Crippen molar-refractivity contribution in [3.05, 3.63) is 63.6 Å². The van der Waals surface area contributed by atoms with Crippen molar-refractivity contribution in [3.8, 4) is 0 Å². The fraction of sp³-hybridized carbons (Fsp3) is 0.176. The minimum absolute atomic E-state index is 0.348. The van der Waals surface area contributed by atoms with Crippen LogP contribution in [0.5, 0.6) is 0 Å². The van der Waals surface area contributed by atoms with Crippen molar-refractivity contribution < 1.29 is 9.59 Å². The van der Waals surface area contributed by atoms with Gasteiger partial charge in [-0.15, -0.1) is 0 Å². The third-order valence-electron chi connectivity index (χ3n) is 3.31. The minimum Gasteiger partial charge on any atom is -0.347 e. The van der Waals surface area contributed by atoms with Crippen LogP contribution in [0.1, 0.15) is 11.1 Å². The normalized spacial score (nSPS) is 10.2. The Hall–Kier alpha value is -2.04. The number of carbonyl (C=O) groups is 2. The van der Waals surface area contributed by atoms with Gasteiger partial charge in [0.1, 0.15) is 0 Å². The largest absolute Gasteiger partial charge is 0.347 e. The minimum atomic E-state index is -0.721. The Kier molecular flexibility index (Phi) is 6.02.